The molecular formula is C11H12F2O3. The summed E-state index contributed by atoms with van der Waals surface area (Å²) in [6.07, 6.45) is 0. The summed E-state index contributed by atoms with van der Waals surface area (Å²) in [6.45, 7) is 3.96. The van der Waals surface area contributed by atoms with Crippen LogP contribution >= 0.6 is 0 Å². The molecule has 1 aromatic carbocycles. The van der Waals surface area contributed by atoms with E-state index in [0.29, 0.717) is 0 Å². The van der Waals surface area contributed by atoms with Gasteiger partial charge in [-0.05, 0) is 18.1 Å². The fourth-order valence-corrected chi connectivity index (χ4v) is 1.10. The van der Waals surface area contributed by atoms with Crippen LogP contribution in [0.15, 0.2) is 12.1 Å². The normalized spacial score (nSPS) is 10.6. The number of hydrogen-bond donors (Lipinski definition) is 1. The van der Waals surface area contributed by atoms with Gasteiger partial charge in [0.2, 0.25) is 0 Å². The molecule has 0 aliphatic heterocycles. The van der Waals surface area contributed by atoms with Crippen LogP contribution < -0.4 is 4.74 Å². The summed E-state index contributed by atoms with van der Waals surface area (Å²) in [5, 5.41) is 8.61. The first-order valence-electron chi connectivity index (χ1n) is 4.77. The van der Waals surface area contributed by atoms with Crippen molar-refractivity contribution < 1.29 is 23.4 Å². The van der Waals surface area contributed by atoms with Gasteiger partial charge in [-0.15, -0.1) is 0 Å². The van der Waals surface area contributed by atoms with Gasteiger partial charge in [0.05, 0.1) is 6.61 Å². The Labute approximate surface area is 91.7 Å². The number of carboxylic acid groups (broad SMARTS) is 1. The molecule has 3 nitrogen and oxygen atoms in total. The van der Waals surface area contributed by atoms with Gasteiger partial charge in [-0.25, -0.2) is 13.6 Å². The maximum Gasteiger partial charge on any atom is 0.341 e. The van der Waals surface area contributed by atoms with Crippen LogP contribution in [-0.4, -0.2) is 17.7 Å². The minimum atomic E-state index is -1.65. The third-order valence-corrected chi connectivity index (χ3v) is 1.84. The number of carbonyl (C=O) groups is 1. The fraction of sp³-hybridized carbons (Fsp3) is 0.364. The van der Waals surface area contributed by atoms with Crippen molar-refractivity contribution in [2.45, 2.75) is 13.8 Å². The molecule has 0 bridgehead atoms. The molecule has 0 atom stereocenters. The van der Waals surface area contributed by atoms with Gasteiger partial charge in [-0.3, -0.25) is 0 Å². The lowest BCUT2D eigenvalue weighted by molar-refractivity contribution is 0.0685. The van der Waals surface area contributed by atoms with Crippen molar-refractivity contribution in [2.24, 2.45) is 5.92 Å². The number of aromatic carboxylic acids is 1. The molecule has 0 radical (unpaired) electrons. The maximum absolute atomic E-state index is 13.5. The molecule has 5 heteroatoms. The van der Waals surface area contributed by atoms with Gasteiger partial charge in [0.25, 0.3) is 0 Å². The van der Waals surface area contributed by atoms with E-state index < -0.39 is 23.2 Å². The molecule has 88 valence electrons. The first kappa shape index (κ1) is 12.4. The zero-order valence-corrected chi connectivity index (χ0v) is 8.96. The molecule has 1 N–H and O–H groups in total. The van der Waals surface area contributed by atoms with Gasteiger partial charge >= 0.3 is 5.97 Å². The Morgan fingerprint density at radius 1 is 1.44 bits per heavy atom. The molecule has 0 unspecified atom stereocenters. The molecule has 0 saturated heterocycles. The molecule has 0 aliphatic carbocycles. The van der Waals surface area contributed by atoms with E-state index in [1.54, 1.807) is 0 Å². The highest BCUT2D eigenvalue weighted by atomic mass is 19.1. The topological polar surface area (TPSA) is 46.5 Å². The fourth-order valence-electron chi connectivity index (χ4n) is 1.10. The molecule has 0 amide bonds. The van der Waals surface area contributed by atoms with Gasteiger partial charge in [-0.1, -0.05) is 13.8 Å². The van der Waals surface area contributed by atoms with Crippen LogP contribution in [0.1, 0.15) is 24.2 Å². The van der Waals surface area contributed by atoms with E-state index in [4.69, 9.17) is 9.84 Å². The molecular weight excluding hydrogens is 218 g/mol. The van der Waals surface area contributed by atoms with Crippen LogP contribution in [0.4, 0.5) is 8.78 Å². The van der Waals surface area contributed by atoms with Crippen molar-refractivity contribution in [2.75, 3.05) is 6.61 Å². The Morgan fingerprint density at radius 3 is 2.56 bits per heavy atom. The molecule has 0 aromatic heterocycles. The molecule has 0 aliphatic rings. The number of halogens is 2. The van der Waals surface area contributed by atoms with E-state index in [1.165, 1.54) is 0 Å². The maximum atomic E-state index is 13.5. The molecule has 0 spiro atoms. The number of hydrogen-bond acceptors (Lipinski definition) is 2. The Morgan fingerprint density at radius 2 is 2.06 bits per heavy atom. The van der Waals surface area contributed by atoms with Crippen LogP contribution in [0.25, 0.3) is 0 Å². The third-order valence-electron chi connectivity index (χ3n) is 1.84. The lowest BCUT2D eigenvalue weighted by Crippen LogP contribution is -2.10. The van der Waals surface area contributed by atoms with E-state index >= 15 is 0 Å². The van der Waals surface area contributed by atoms with Crippen LogP contribution in [0.5, 0.6) is 5.75 Å². The average Bonchev–Trinajstić information content (AvgIpc) is 2.15. The Balaban J connectivity index is 3.04. The van der Waals surface area contributed by atoms with Crippen molar-refractivity contribution >= 4 is 5.97 Å². The Bertz CT molecular complexity index is 402. The summed E-state index contributed by atoms with van der Waals surface area (Å²) >= 11 is 0. The summed E-state index contributed by atoms with van der Waals surface area (Å²) in [5.41, 5.74) is -0.985. The molecule has 0 fully saturated rings. The zero-order valence-electron chi connectivity index (χ0n) is 8.96. The predicted molar refractivity (Wildman–Crippen MR) is 53.7 cm³/mol. The zero-order chi connectivity index (χ0) is 12.3. The SMILES string of the molecule is CC(C)COc1ccc(F)c(C(=O)O)c1F. The van der Waals surface area contributed by atoms with Crippen LogP contribution in [0.3, 0.4) is 0 Å². The quantitative estimate of drug-likeness (QED) is 0.865. The summed E-state index contributed by atoms with van der Waals surface area (Å²) in [6, 6.07) is 1.96. The highest BCUT2D eigenvalue weighted by Crippen LogP contribution is 2.23. The third kappa shape index (κ3) is 2.68. The average molecular weight is 230 g/mol. The predicted octanol–water partition coefficient (Wildman–Crippen LogP) is 2.70. The van der Waals surface area contributed by atoms with Crippen molar-refractivity contribution in [1.82, 2.24) is 0 Å². The molecule has 1 rings (SSSR count). The standard InChI is InChI=1S/C11H12F2O3/c1-6(2)5-16-8-4-3-7(12)9(10(8)13)11(14)15/h3-4,6H,5H2,1-2H3,(H,14,15). The van der Waals surface area contributed by atoms with Crippen molar-refractivity contribution in [3.8, 4) is 5.75 Å². The first-order chi connectivity index (χ1) is 7.43. The second-order valence-corrected chi connectivity index (χ2v) is 3.74. The smallest absolute Gasteiger partial charge is 0.341 e. The van der Waals surface area contributed by atoms with Gasteiger partial charge < -0.3 is 9.84 Å². The second kappa shape index (κ2) is 4.92. The Kier molecular flexibility index (Phi) is 3.82. The molecule has 0 saturated carbocycles. The minimum Gasteiger partial charge on any atom is -0.490 e. The van der Waals surface area contributed by atoms with Crippen LogP contribution in [-0.2, 0) is 0 Å². The lowest BCUT2D eigenvalue weighted by Gasteiger charge is -2.10. The van der Waals surface area contributed by atoms with Gasteiger partial charge in [0, 0.05) is 0 Å². The van der Waals surface area contributed by atoms with Crippen LogP contribution in [0, 0.1) is 17.6 Å². The molecule has 0 heterocycles. The first-order valence-corrected chi connectivity index (χ1v) is 4.77. The summed E-state index contributed by atoms with van der Waals surface area (Å²) in [4.78, 5) is 10.6. The largest absolute Gasteiger partial charge is 0.490 e. The van der Waals surface area contributed by atoms with Crippen molar-refractivity contribution in [1.29, 1.82) is 0 Å². The highest BCUT2D eigenvalue weighted by Gasteiger charge is 2.20. The van der Waals surface area contributed by atoms with E-state index in [2.05, 4.69) is 0 Å². The number of rotatable bonds is 4. The van der Waals surface area contributed by atoms with E-state index in [-0.39, 0.29) is 18.3 Å². The van der Waals surface area contributed by atoms with Gasteiger partial charge in [-0.2, -0.15) is 0 Å². The Hall–Kier alpha value is -1.65. The molecule has 1 aromatic rings. The monoisotopic (exact) mass is 230 g/mol. The van der Waals surface area contributed by atoms with Crippen molar-refractivity contribution in [3.63, 3.8) is 0 Å². The van der Waals surface area contributed by atoms with Crippen LogP contribution in [0.2, 0.25) is 0 Å². The van der Waals surface area contributed by atoms with E-state index in [9.17, 15) is 13.6 Å². The number of benzene rings is 1. The van der Waals surface area contributed by atoms with Gasteiger partial charge in [0.1, 0.15) is 11.4 Å². The van der Waals surface area contributed by atoms with Gasteiger partial charge in [0.15, 0.2) is 11.6 Å². The minimum absolute atomic E-state index is 0.165. The summed E-state index contributed by atoms with van der Waals surface area (Å²) in [5.74, 6) is -4.01. The second-order valence-electron chi connectivity index (χ2n) is 3.74. The van der Waals surface area contributed by atoms with E-state index in [1.807, 2.05) is 13.8 Å². The lowest BCUT2D eigenvalue weighted by atomic mass is 10.2. The number of carboxylic acids is 1. The van der Waals surface area contributed by atoms with Crippen molar-refractivity contribution in [3.05, 3.63) is 29.3 Å². The van der Waals surface area contributed by atoms with E-state index in [0.717, 1.165) is 12.1 Å². The summed E-state index contributed by atoms with van der Waals surface area (Å²) < 4.78 is 31.5. The summed E-state index contributed by atoms with van der Waals surface area (Å²) in [7, 11) is 0. The number of ether oxygens (including phenoxy) is 1. The molecule has 16 heavy (non-hydrogen) atoms. The highest BCUT2D eigenvalue weighted by molar-refractivity contribution is 5.88.